The molecule has 4 nitrogen and oxygen atoms in total. The first-order valence-electron chi connectivity index (χ1n) is 6.92. The van der Waals surface area contributed by atoms with Gasteiger partial charge in [-0.2, -0.15) is 0 Å². The summed E-state index contributed by atoms with van der Waals surface area (Å²) in [4.78, 5) is 14.2. The lowest BCUT2D eigenvalue weighted by atomic mass is 10.1. The van der Waals surface area contributed by atoms with E-state index in [2.05, 4.69) is 29.4 Å². The van der Waals surface area contributed by atoms with Crippen molar-refractivity contribution in [3.8, 4) is 5.69 Å². The number of nitrogens with one attached hydrogen (secondary N) is 2. The maximum absolute atomic E-state index is 11.6. The van der Waals surface area contributed by atoms with E-state index in [4.69, 9.17) is 0 Å². The van der Waals surface area contributed by atoms with Crippen molar-refractivity contribution in [2.45, 2.75) is 13.0 Å². The molecule has 1 unspecified atom stereocenters. The van der Waals surface area contributed by atoms with Gasteiger partial charge in [0.25, 0.3) is 0 Å². The second-order valence-corrected chi connectivity index (χ2v) is 4.96. The molecule has 3 aromatic rings. The summed E-state index contributed by atoms with van der Waals surface area (Å²) >= 11 is 0. The summed E-state index contributed by atoms with van der Waals surface area (Å²) in [7, 11) is 0. The fourth-order valence-electron chi connectivity index (χ4n) is 2.32. The Morgan fingerprint density at radius 2 is 1.76 bits per heavy atom. The monoisotopic (exact) mass is 279 g/mol. The van der Waals surface area contributed by atoms with E-state index in [0.29, 0.717) is 0 Å². The Bertz CT molecular complexity index is 756. The zero-order chi connectivity index (χ0) is 14.7. The minimum absolute atomic E-state index is 0.131. The van der Waals surface area contributed by atoms with E-state index < -0.39 is 0 Å². The molecule has 1 atom stereocenters. The van der Waals surface area contributed by atoms with Crippen molar-refractivity contribution < 1.29 is 0 Å². The van der Waals surface area contributed by atoms with Crippen LogP contribution in [0.25, 0.3) is 5.69 Å². The Hall–Kier alpha value is -2.75. The van der Waals surface area contributed by atoms with Crippen molar-refractivity contribution in [2.75, 3.05) is 5.32 Å². The number of hydrogen-bond donors (Lipinski definition) is 2. The van der Waals surface area contributed by atoms with E-state index in [1.54, 1.807) is 17.0 Å². The van der Waals surface area contributed by atoms with E-state index >= 15 is 0 Å². The van der Waals surface area contributed by atoms with Gasteiger partial charge in [-0.15, -0.1) is 0 Å². The first-order chi connectivity index (χ1) is 10.2. The van der Waals surface area contributed by atoms with Gasteiger partial charge in [0.15, 0.2) is 0 Å². The fraction of sp³-hybridized carbons (Fsp3) is 0.118. The highest BCUT2D eigenvalue weighted by Crippen LogP contribution is 2.19. The standard InChI is InChI=1S/C17H17N3O/c1-13(14-5-3-2-4-6-14)19-15-7-9-16(10-8-15)20-12-11-18-17(20)21/h2-13,19H,1H3,(H,18,21). The van der Waals surface area contributed by atoms with Gasteiger partial charge in [0, 0.05) is 24.1 Å². The summed E-state index contributed by atoms with van der Waals surface area (Å²) in [5.41, 5.74) is 2.98. The molecule has 21 heavy (non-hydrogen) atoms. The molecule has 4 heteroatoms. The minimum Gasteiger partial charge on any atom is -0.379 e. The van der Waals surface area contributed by atoms with Crippen LogP contribution in [0.2, 0.25) is 0 Å². The number of hydrogen-bond acceptors (Lipinski definition) is 2. The van der Waals surface area contributed by atoms with Gasteiger partial charge in [-0.05, 0) is 36.8 Å². The Morgan fingerprint density at radius 1 is 1.05 bits per heavy atom. The Labute approximate surface area is 123 Å². The topological polar surface area (TPSA) is 49.8 Å². The van der Waals surface area contributed by atoms with Crippen molar-refractivity contribution in [1.82, 2.24) is 9.55 Å². The predicted molar refractivity (Wildman–Crippen MR) is 84.9 cm³/mol. The number of benzene rings is 2. The van der Waals surface area contributed by atoms with Gasteiger partial charge in [0.05, 0.1) is 5.69 Å². The molecule has 1 heterocycles. The van der Waals surface area contributed by atoms with Crippen LogP contribution in [0.5, 0.6) is 0 Å². The fourth-order valence-corrected chi connectivity index (χ4v) is 2.32. The molecule has 0 spiro atoms. The highest BCUT2D eigenvalue weighted by molar-refractivity contribution is 5.50. The molecule has 2 aromatic carbocycles. The van der Waals surface area contributed by atoms with Gasteiger partial charge in [-0.3, -0.25) is 4.57 Å². The van der Waals surface area contributed by atoms with E-state index in [1.165, 1.54) is 5.56 Å². The second kappa shape index (κ2) is 5.71. The summed E-state index contributed by atoms with van der Waals surface area (Å²) in [5.74, 6) is 0. The van der Waals surface area contributed by atoms with E-state index in [9.17, 15) is 4.79 Å². The number of aromatic amines is 1. The quantitative estimate of drug-likeness (QED) is 0.769. The van der Waals surface area contributed by atoms with Gasteiger partial charge in [0.1, 0.15) is 0 Å². The summed E-state index contributed by atoms with van der Waals surface area (Å²) in [6.45, 7) is 2.12. The third kappa shape index (κ3) is 2.89. The molecule has 0 saturated carbocycles. The van der Waals surface area contributed by atoms with Crippen molar-refractivity contribution in [1.29, 1.82) is 0 Å². The highest BCUT2D eigenvalue weighted by Gasteiger charge is 2.05. The summed E-state index contributed by atoms with van der Waals surface area (Å²) < 4.78 is 1.57. The van der Waals surface area contributed by atoms with Gasteiger partial charge >= 0.3 is 5.69 Å². The van der Waals surface area contributed by atoms with Crippen molar-refractivity contribution in [3.05, 3.63) is 83.0 Å². The molecule has 0 aliphatic rings. The molecular weight excluding hydrogens is 262 g/mol. The van der Waals surface area contributed by atoms with Gasteiger partial charge in [0.2, 0.25) is 0 Å². The molecule has 0 aliphatic heterocycles. The average Bonchev–Trinajstić information content (AvgIpc) is 2.95. The second-order valence-electron chi connectivity index (χ2n) is 4.96. The SMILES string of the molecule is CC(Nc1ccc(-n2cc[nH]c2=O)cc1)c1ccccc1. The van der Waals surface area contributed by atoms with E-state index in [1.807, 2.05) is 42.5 Å². The molecule has 0 saturated heterocycles. The molecule has 0 fully saturated rings. The summed E-state index contributed by atoms with van der Waals surface area (Å²) in [6.07, 6.45) is 3.35. The van der Waals surface area contributed by atoms with Crippen LogP contribution in [-0.4, -0.2) is 9.55 Å². The minimum atomic E-state index is -0.131. The molecule has 0 aliphatic carbocycles. The molecule has 0 bridgehead atoms. The molecule has 2 N–H and O–H groups in total. The van der Waals surface area contributed by atoms with Crippen molar-refractivity contribution in [3.63, 3.8) is 0 Å². The zero-order valence-electron chi connectivity index (χ0n) is 11.8. The van der Waals surface area contributed by atoms with Crippen LogP contribution in [0, 0.1) is 0 Å². The molecule has 0 radical (unpaired) electrons. The van der Waals surface area contributed by atoms with Gasteiger partial charge < -0.3 is 10.3 Å². The van der Waals surface area contributed by atoms with E-state index in [-0.39, 0.29) is 11.7 Å². The summed E-state index contributed by atoms with van der Waals surface area (Å²) in [6, 6.07) is 18.3. The lowest BCUT2D eigenvalue weighted by Gasteiger charge is -2.16. The Morgan fingerprint density at radius 3 is 2.38 bits per heavy atom. The molecule has 1 aromatic heterocycles. The third-order valence-corrected chi connectivity index (χ3v) is 3.48. The molecule has 3 rings (SSSR count). The van der Waals surface area contributed by atoms with Crippen molar-refractivity contribution in [2.24, 2.45) is 0 Å². The van der Waals surface area contributed by atoms with Crippen LogP contribution in [-0.2, 0) is 0 Å². The Kier molecular flexibility index (Phi) is 3.60. The molecular formula is C17H17N3O. The lowest BCUT2D eigenvalue weighted by Crippen LogP contribution is -2.14. The smallest absolute Gasteiger partial charge is 0.330 e. The Balaban J connectivity index is 1.76. The maximum Gasteiger partial charge on any atom is 0.330 e. The van der Waals surface area contributed by atoms with Crippen molar-refractivity contribution >= 4 is 5.69 Å². The maximum atomic E-state index is 11.6. The van der Waals surface area contributed by atoms with Gasteiger partial charge in [-0.25, -0.2) is 4.79 Å². The zero-order valence-corrected chi connectivity index (χ0v) is 11.8. The van der Waals surface area contributed by atoms with Crippen LogP contribution in [0.15, 0.2) is 71.8 Å². The van der Waals surface area contributed by atoms with Crippen LogP contribution in [0.3, 0.4) is 0 Å². The highest BCUT2D eigenvalue weighted by atomic mass is 16.1. The number of anilines is 1. The molecule has 0 amide bonds. The average molecular weight is 279 g/mol. The van der Waals surface area contributed by atoms with Crippen LogP contribution in [0.1, 0.15) is 18.5 Å². The first-order valence-corrected chi connectivity index (χ1v) is 6.92. The lowest BCUT2D eigenvalue weighted by molar-refractivity contribution is 0.884. The van der Waals surface area contributed by atoms with Crippen LogP contribution in [0.4, 0.5) is 5.69 Å². The number of nitrogens with zero attached hydrogens (tertiary/aromatic N) is 1. The normalized spacial score (nSPS) is 12.0. The van der Waals surface area contributed by atoms with E-state index in [0.717, 1.165) is 11.4 Å². The van der Waals surface area contributed by atoms with Crippen LogP contribution < -0.4 is 11.0 Å². The predicted octanol–water partition coefficient (Wildman–Crippen LogP) is 3.34. The third-order valence-electron chi connectivity index (χ3n) is 3.48. The number of aromatic nitrogens is 2. The molecule has 106 valence electrons. The largest absolute Gasteiger partial charge is 0.379 e. The summed E-state index contributed by atoms with van der Waals surface area (Å²) in [5, 5.41) is 3.45. The number of imidazole rings is 1. The number of H-pyrrole nitrogens is 1. The number of rotatable bonds is 4. The first kappa shape index (κ1) is 13.2. The van der Waals surface area contributed by atoms with Gasteiger partial charge in [-0.1, -0.05) is 30.3 Å². The van der Waals surface area contributed by atoms with Crippen LogP contribution >= 0.6 is 0 Å².